The zero-order chi connectivity index (χ0) is 10.9. The van der Waals surface area contributed by atoms with Gasteiger partial charge in [0.2, 0.25) is 5.91 Å². The number of aromatic nitrogens is 1. The Morgan fingerprint density at radius 2 is 2.13 bits per heavy atom. The molecule has 0 unspecified atom stereocenters. The molecule has 1 heterocycles. The highest BCUT2D eigenvalue weighted by Gasteiger charge is 2.02. The lowest BCUT2D eigenvalue weighted by Crippen LogP contribution is -2.26. The summed E-state index contributed by atoms with van der Waals surface area (Å²) in [5.74, 6) is -0.183. The molecular formula is C10H14N2O3. The van der Waals surface area contributed by atoms with E-state index in [0.717, 1.165) is 5.56 Å². The molecule has 5 nitrogen and oxygen atoms in total. The van der Waals surface area contributed by atoms with Gasteiger partial charge >= 0.3 is 0 Å². The van der Waals surface area contributed by atoms with Crippen LogP contribution in [0.25, 0.3) is 0 Å². The second-order valence-corrected chi connectivity index (χ2v) is 2.90. The van der Waals surface area contributed by atoms with Crippen LogP contribution in [-0.4, -0.2) is 31.2 Å². The van der Waals surface area contributed by atoms with E-state index in [0.29, 0.717) is 13.2 Å². The zero-order valence-electron chi connectivity index (χ0n) is 8.60. The standard InChI is InChI=1S/C10H14N2O3/c1-14-6-7-15-12-10(13)8-9-2-4-11-5-3-9/h2-5H,6-8H2,1H3,(H,12,13). The predicted octanol–water partition coefficient (Wildman–Crippen LogP) is 0.318. The molecule has 1 amide bonds. The summed E-state index contributed by atoms with van der Waals surface area (Å²) in [6.07, 6.45) is 3.58. The average molecular weight is 210 g/mol. The topological polar surface area (TPSA) is 60.5 Å². The van der Waals surface area contributed by atoms with E-state index in [1.807, 2.05) is 0 Å². The number of pyridine rings is 1. The van der Waals surface area contributed by atoms with Gasteiger partial charge in [0.25, 0.3) is 0 Å². The van der Waals surface area contributed by atoms with Gasteiger partial charge in [-0.1, -0.05) is 0 Å². The van der Waals surface area contributed by atoms with Gasteiger partial charge in [0.1, 0.15) is 0 Å². The first-order chi connectivity index (χ1) is 7.33. The predicted molar refractivity (Wildman–Crippen MR) is 53.9 cm³/mol. The third-order valence-corrected chi connectivity index (χ3v) is 1.69. The van der Waals surface area contributed by atoms with Crippen LogP contribution in [-0.2, 0) is 20.8 Å². The first kappa shape index (κ1) is 11.6. The summed E-state index contributed by atoms with van der Waals surface area (Å²) in [6, 6.07) is 3.57. The SMILES string of the molecule is COCCONC(=O)Cc1ccncc1. The van der Waals surface area contributed by atoms with Crippen LogP contribution < -0.4 is 5.48 Å². The van der Waals surface area contributed by atoms with Crippen LogP contribution in [0.3, 0.4) is 0 Å². The summed E-state index contributed by atoms with van der Waals surface area (Å²) in [5, 5.41) is 0. The van der Waals surface area contributed by atoms with Crippen LogP contribution in [0.4, 0.5) is 0 Å². The van der Waals surface area contributed by atoms with Crippen molar-refractivity contribution in [1.29, 1.82) is 0 Å². The highest BCUT2D eigenvalue weighted by molar-refractivity contribution is 5.77. The average Bonchev–Trinajstić information content (AvgIpc) is 2.26. The molecule has 0 spiro atoms. The van der Waals surface area contributed by atoms with Crippen molar-refractivity contribution in [3.05, 3.63) is 30.1 Å². The molecule has 0 atom stereocenters. The summed E-state index contributed by atoms with van der Waals surface area (Å²) in [5.41, 5.74) is 3.23. The monoisotopic (exact) mass is 210 g/mol. The minimum absolute atomic E-state index is 0.183. The van der Waals surface area contributed by atoms with E-state index in [4.69, 9.17) is 9.57 Å². The normalized spacial score (nSPS) is 9.93. The van der Waals surface area contributed by atoms with Gasteiger partial charge in [-0.25, -0.2) is 5.48 Å². The van der Waals surface area contributed by atoms with Crippen molar-refractivity contribution >= 4 is 5.91 Å². The van der Waals surface area contributed by atoms with E-state index in [9.17, 15) is 4.79 Å². The maximum Gasteiger partial charge on any atom is 0.247 e. The first-order valence-electron chi connectivity index (χ1n) is 4.61. The summed E-state index contributed by atoms with van der Waals surface area (Å²) < 4.78 is 4.76. The van der Waals surface area contributed by atoms with Crippen LogP contribution in [0.1, 0.15) is 5.56 Å². The Labute approximate surface area is 88.4 Å². The molecule has 1 aromatic heterocycles. The highest BCUT2D eigenvalue weighted by Crippen LogP contribution is 1.96. The van der Waals surface area contributed by atoms with Crippen LogP contribution in [0.2, 0.25) is 0 Å². The second kappa shape index (κ2) is 6.92. The molecule has 0 aliphatic rings. The number of carbonyl (C=O) groups is 1. The molecule has 0 aromatic carbocycles. The van der Waals surface area contributed by atoms with Gasteiger partial charge < -0.3 is 4.74 Å². The van der Waals surface area contributed by atoms with E-state index in [1.54, 1.807) is 31.6 Å². The fourth-order valence-electron chi connectivity index (χ4n) is 0.979. The number of carbonyl (C=O) groups excluding carboxylic acids is 1. The smallest absolute Gasteiger partial charge is 0.247 e. The largest absolute Gasteiger partial charge is 0.382 e. The van der Waals surface area contributed by atoms with E-state index >= 15 is 0 Å². The third kappa shape index (κ3) is 5.09. The number of amides is 1. The summed E-state index contributed by atoms with van der Waals surface area (Å²) in [6.45, 7) is 0.800. The number of hydroxylamine groups is 1. The molecule has 5 heteroatoms. The van der Waals surface area contributed by atoms with Crippen molar-refractivity contribution in [3.8, 4) is 0 Å². The Morgan fingerprint density at radius 1 is 1.40 bits per heavy atom. The summed E-state index contributed by atoms with van der Waals surface area (Å²) in [7, 11) is 1.57. The van der Waals surface area contributed by atoms with Crippen molar-refractivity contribution in [3.63, 3.8) is 0 Å². The molecule has 0 bridgehead atoms. The second-order valence-electron chi connectivity index (χ2n) is 2.90. The van der Waals surface area contributed by atoms with Crippen LogP contribution in [0.15, 0.2) is 24.5 Å². The third-order valence-electron chi connectivity index (χ3n) is 1.69. The first-order valence-corrected chi connectivity index (χ1v) is 4.61. The lowest BCUT2D eigenvalue weighted by molar-refractivity contribution is -0.133. The maximum absolute atomic E-state index is 11.3. The maximum atomic E-state index is 11.3. The van der Waals surface area contributed by atoms with Gasteiger partial charge in [0.05, 0.1) is 19.6 Å². The van der Waals surface area contributed by atoms with Crippen molar-refractivity contribution in [2.75, 3.05) is 20.3 Å². The van der Waals surface area contributed by atoms with Gasteiger partial charge in [0.15, 0.2) is 0 Å². The van der Waals surface area contributed by atoms with Gasteiger partial charge in [-0.2, -0.15) is 0 Å². The molecule has 0 radical (unpaired) electrons. The minimum Gasteiger partial charge on any atom is -0.382 e. The highest BCUT2D eigenvalue weighted by atomic mass is 16.7. The lowest BCUT2D eigenvalue weighted by Gasteiger charge is -2.04. The van der Waals surface area contributed by atoms with Crippen molar-refractivity contribution in [2.45, 2.75) is 6.42 Å². The van der Waals surface area contributed by atoms with Crippen molar-refractivity contribution in [1.82, 2.24) is 10.5 Å². The quantitative estimate of drug-likeness (QED) is 0.542. The molecule has 0 aliphatic heterocycles. The molecule has 0 saturated carbocycles. The molecule has 0 fully saturated rings. The van der Waals surface area contributed by atoms with E-state index in [-0.39, 0.29) is 12.3 Å². The number of hydrogen-bond acceptors (Lipinski definition) is 4. The van der Waals surface area contributed by atoms with Crippen LogP contribution in [0.5, 0.6) is 0 Å². The summed E-state index contributed by atoms with van der Waals surface area (Å²) >= 11 is 0. The fourth-order valence-corrected chi connectivity index (χ4v) is 0.979. The molecule has 1 N–H and O–H groups in total. The minimum atomic E-state index is -0.183. The molecule has 1 aromatic rings. The fraction of sp³-hybridized carbons (Fsp3) is 0.400. The Kier molecular flexibility index (Phi) is 5.35. The summed E-state index contributed by atoms with van der Waals surface area (Å²) in [4.78, 5) is 20.0. The number of ether oxygens (including phenoxy) is 1. The number of rotatable bonds is 6. The van der Waals surface area contributed by atoms with Gasteiger partial charge in [-0.3, -0.25) is 14.6 Å². The molecule has 0 aliphatic carbocycles. The van der Waals surface area contributed by atoms with E-state index in [2.05, 4.69) is 10.5 Å². The molecule has 15 heavy (non-hydrogen) atoms. The number of nitrogens with zero attached hydrogens (tertiary/aromatic N) is 1. The number of methoxy groups -OCH3 is 1. The van der Waals surface area contributed by atoms with Crippen LogP contribution in [0, 0.1) is 0 Å². The number of nitrogens with one attached hydrogen (secondary N) is 1. The van der Waals surface area contributed by atoms with Gasteiger partial charge in [-0.05, 0) is 17.7 Å². The van der Waals surface area contributed by atoms with Crippen LogP contribution >= 0.6 is 0 Å². The molecular weight excluding hydrogens is 196 g/mol. The van der Waals surface area contributed by atoms with Crippen molar-refractivity contribution < 1.29 is 14.4 Å². The Balaban J connectivity index is 2.19. The lowest BCUT2D eigenvalue weighted by atomic mass is 10.2. The molecule has 1 rings (SSSR count). The van der Waals surface area contributed by atoms with Gasteiger partial charge in [0, 0.05) is 19.5 Å². The van der Waals surface area contributed by atoms with E-state index in [1.165, 1.54) is 0 Å². The molecule has 82 valence electrons. The Bertz CT molecular complexity index is 290. The van der Waals surface area contributed by atoms with Gasteiger partial charge in [-0.15, -0.1) is 0 Å². The van der Waals surface area contributed by atoms with E-state index < -0.39 is 0 Å². The Morgan fingerprint density at radius 3 is 2.80 bits per heavy atom. The zero-order valence-corrected chi connectivity index (χ0v) is 8.60. The molecule has 0 saturated heterocycles. The van der Waals surface area contributed by atoms with Crippen molar-refractivity contribution in [2.24, 2.45) is 0 Å². The number of hydrogen-bond donors (Lipinski definition) is 1. The Hall–Kier alpha value is -1.46.